The van der Waals surface area contributed by atoms with Crippen LogP contribution in [0.25, 0.3) is 0 Å². The van der Waals surface area contributed by atoms with Crippen molar-refractivity contribution >= 4 is 23.4 Å². The molecule has 3 amide bonds. The summed E-state index contributed by atoms with van der Waals surface area (Å²) in [5.74, 6) is -2.44. The largest absolute Gasteiger partial charge is 0.321 e. The number of halogens is 2. The van der Waals surface area contributed by atoms with Crippen LogP contribution in [0.4, 0.5) is 14.5 Å². The van der Waals surface area contributed by atoms with Gasteiger partial charge >= 0.3 is 6.43 Å². The standard InChI is InChI=1S/C11H8F2N2O3/c1-15-10(17)6-3-2-5(4-7(6)11(15)18)14-9(16)8(12)13/h2-4,8H,1H3,(H,14,16). The van der Waals surface area contributed by atoms with Gasteiger partial charge in [0.15, 0.2) is 0 Å². The lowest BCUT2D eigenvalue weighted by Gasteiger charge is -2.05. The summed E-state index contributed by atoms with van der Waals surface area (Å²) < 4.78 is 24.1. The molecule has 18 heavy (non-hydrogen) atoms. The Morgan fingerprint density at radius 3 is 2.44 bits per heavy atom. The first kappa shape index (κ1) is 12.2. The normalized spacial score (nSPS) is 14.1. The molecule has 1 aromatic rings. The number of nitrogens with one attached hydrogen (secondary N) is 1. The fourth-order valence-corrected chi connectivity index (χ4v) is 1.64. The van der Waals surface area contributed by atoms with Crippen molar-refractivity contribution in [2.75, 3.05) is 12.4 Å². The highest BCUT2D eigenvalue weighted by Gasteiger charge is 2.32. The molecule has 0 aromatic heterocycles. The third-order valence-electron chi connectivity index (χ3n) is 2.56. The first-order valence-corrected chi connectivity index (χ1v) is 4.97. The minimum Gasteiger partial charge on any atom is -0.321 e. The molecule has 0 atom stereocenters. The first-order valence-electron chi connectivity index (χ1n) is 4.97. The maximum atomic E-state index is 12.0. The fraction of sp³-hybridized carbons (Fsp3) is 0.182. The molecule has 1 aliphatic rings. The summed E-state index contributed by atoms with van der Waals surface area (Å²) in [6.07, 6.45) is -3.14. The Morgan fingerprint density at radius 2 is 1.83 bits per heavy atom. The van der Waals surface area contributed by atoms with E-state index in [-0.39, 0.29) is 16.8 Å². The van der Waals surface area contributed by atoms with E-state index in [0.29, 0.717) is 0 Å². The monoisotopic (exact) mass is 254 g/mol. The molecule has 0 saturated carbocycles. The first-order chi connectivity index (χ1) is 8.41. The van der Waals surface area contributed by atoms with E-state index in [1.165, 1.54) is 25.2 Å². The van der Waals surface area contributed by atoms with Gasteiger partial charge in [0.25, 0.3) is 17.7 Å². The maximum absolute atomic E-state index is 12.0. The molecule has 0 unspecified atom stereocenters. The maximum Gasteiger partial charge on any atom is 0.315 e. The molecule has 94 valence electrons. The molecule has 5 nitrogen and oxygen atoms in total. The van der Waals surface area contributed by atoms with Crippen LogP contribution in [0.2, 0.25) is 0 Å². The van der Waals surface area contributed by atoms with Crippen LogP contribution in [-0.4, -0.2) is 36.1 Å². The number of imide groups is 1. The van der Waals surface area contributed by atoms with Crippen molar-refractivity contribution in [3.8, 4) is 0 Å². The minimum atomic E-state index is -3.14. The van der Waals surface area contributed by atoms with Gasteiger partial charge in [-0.1, -0.05) is 0 Å². The van der Waals surface area contributed by atoms with Gasteiger partial charge in [0.05, 0.1) is 11.1 Å². The predicted octanol–water partition coefficient (Wildman–Crippen LogP) is 1.12. The van der Waals surface area contributed by atoms with E-state index in [1.807, 2.05) is 5.32 Å². The quantitative estimate of drug-likeness (QED) is 0.804. The molecule has 1 aliphatic heterocycles. The van der Waals surface area contributed by atoms with E-state index in [2.05, 4.69) is 0 Å². The van der Waals surface area contributed by atoms with Crippen LogP contribution in [0.3, 0.4) is 0 Å². The predicted molar refractivity (Wildman–Crippen MR) is 57.5 cm³/mol. The molecule has 0 fully saturated rings. The molecule has 0 aliphatic carbocycles. The van der Waals surface area contributed by atoms with Crippen LogP contribution >= 0.6 is 0 Å². The van der Waals surface area contributed by atoms with Gasteiger partial charge in [0, 0.05) is 12.7 Å². The van der Waals surface area contributed by atoms with Crippen LogP contribution < -0.4 is 5.32 Å². The molecule has 7 heteroatoms. The molecule has 2 rings (SSSR count). The topological polar surface area (TPSA) is 66.5 Å². The molecular weight excluding hydrogens is 246 g/mol. The van der Waals surface area contributed by atoms with Crippen molar-refractivity contribution in [2.24, 2.45) is 0 Å². The van der Waals surface area contributed by atoms with E-state index in [1.54, 1.807) is 0 Å². The van der Waals surface area contributed by atoms with Gasteiger partial charge in [-0.15, -0.1) is 0 Å². The van der Waals surface area contributed by atoms with Crippen LogP contribution in [-0.2, 0) is 4.79 Å². The van der Waals surface area contributed by atoms with Crippen molar-refractivity contribution < 1.29 is 23.2 Å². The lowest BCUT2D eigenvalue weighted by Crippen LogP contribution is -2.24. The van der Waals surface area contributed by atoms with E-state index in [0.717, 1.165) is 4.90 Å². The number of amides is 3. The number of hydrogen-bond acceptors (Lipinski definition) is 3. The molecule has 0 saturated heterocycles. The van der Waals surface area contributed by atoms with Gasteiger partial charge in [-0.05, 0) is 18.2 Å². The second-order valence-electron chi connectivity index (χ2n) is 3.72. The SMILES string of the molecule is CN1C(=O)c2ccc(NC(=O)C(F)F)cc2C1=O. The summed E-state index contributed by atoms with van der Waals surface area (Å²) in [7, 11) is 1.32. The average molecular weight is 254 g/mol. The number of benzene rings is 1. The average Bonchev–Trinajstić information content (AvgIpc) is 2.54. The highest BCUT2D eigenvalue weighted by Crippen LogP contribution is 2.24. The van der Waals surface area contributed by atoms with E-state index in [4.69, 9.17) is 0 Å². The molecule has 1 heterocycles. The second kappa shape index (κ2) is 4.17. The molecule has 0 bridgehead atoms. The van der Waals surface area contributed by atoms with Gasteiger partial charge in [0.1, 0.15) is 0 Å². The Balaban J connectivity index is 2.32. The number of carbonyl (C=O) groups excluding carboxylic acids is 3. The smallest absolute Gasteiger partial charge is 0.315 e. The molecular formula is C11H8F2N2O3. The Morgan fingerprint density at radius 1 is 1.22 bits per heavy atom. The van der Waals surface area contributed by atoms with Gasteiger partial charge in [-0.25, -0.2) is 0 Å². The van der Waals surface area contributed by atoms with E-state index >= 15 is 0 Å². The molecule has 1 N–H and O–H groups in total. The number of nitrogens with zero attached hydrogens (tertiary/aromatic N) is 1. The Bertz CT molecular complexity index is 557. The number of fused-ring (bicyclic) bond motifs is 1. The lowest BCUT2D eigenvalue weighted by molar-refractivity contribution is -0.126. The van der Waals surface area contributed by atoms with Crippen LogP contribution in [0.1, 0.15) is 20.7 Å². The molecule has 0 spiro atoms. The van der Waals surface area contributed by atoms with Crippen LogP contribution in [0, 0.1) is 0 Å². The summed E-state index contributed by atoms with van der Waals surface area (Å²) in [5, 5.41) is 1.95. The van der Waals surface area contributed by atoms with Crippen LogP contribution in [0.15, 0.2) is 18.2 Å². The van der Waals surface area contributed by atoms with Crippen molar-refractivity contribution in [1.29, 1.82) is 0 Å². The summed E-state index contributed by atoms with van der Waals surface area (Å²) in [6, 6.07) is 3.82. The lowest BCUT2D eigenvalue weighted by atomic mass is 10.1. The summed E-state index contributed by atoms with van der Waals surface area (Å²) in [6.45, 7) is 0. The zero-order valence-electron chi connectivity index (χ0n) is 9.24. The van der Waals surface area contributed by atoms with Gasteiger partial charge < -0.3 is 5.32 Å². The minimum absolute atomic E-state index is 0.0514. The highest BCUT2D eigenvalue weighted by molar-refractivity contribution is 6.21. The summed E-state index contributed by atoms with van der Waals surface area (Å²) in [5.41, 5.74) is 0.336. The van der Waals surface area contributed by atoms with E-state index in [9.17, 15) is 23.2 Å². The molecule has 1 aromatic carbocycles. The third-order valence-corrected chi connectivity index (χ3v) is 2.56. The van der Waals surface area contributed by atoms with Crippen LogP contribution in [0.5, 0.6) is 0 Å². The van der Waals surface area contributed by atoms with Gasteiger partial charge in [0.2, 0.25) is 0 Å². The number of anilines is 1. The molecule has 0 radical (unpaired) electrons. The van der Waals surface area contributed by atoms with Crippen molar-refractivity contribution in [2.45, 2.75) is 6.43 Å². The van der Waals surface area contributed by atoms with Crippen molar-refractivity contribution in [3.63, 3.8) is 0 Å². The summed E-state index contributed by atoms with van der Waals surface area (Å²) in [4.78, 5) is 34.9. The third kappa shape index (κ3) is 1.83. The second-order valence-corrected chi connectivity index (χ2v) is 3.72. The number of alkyl halides is 2. The van der Waals surface area contributed by atoms with E-state index < -0.39 is 24.1 Å². The Labute approximate surface area is 100 Å². The van der Waals surface area contributed by atoms with Crippen molar-refractivity contribution in [1.82, 2.24) is 4.90 Å². The number of hydrogen-bond donors (Lipinski definition) is 1. The highest BCUT2D eigenvalue weighted by atomic mass is 19.3. The van der Waals surface area contributed by atoms with Crippen molar-refractivity contribution in [3.05, 3.63) is 29.3 Å². The summed E-state index contributed by atoms with van der Waals surface area (Å²) >= 11 is 0. The Hall–Kier alpha value is -2.31. The Kier molecular flexibility index (Phi) is 2.82. The number of carbonyl (C=O) groups is 3. The fourth-order valence-electron chi connectivity index (χ4n) is 1.64. The zero-order valence-corrected chi connectivity index (χ0v) is 9.24. The van der Waals surface area contributed by atoms with Gasteiger partial charge in [-0.2, -0.15) is 8.78 Å². The van der Waals surface area contributed by atoms with Gasteiger partial charge in [-0.3, -0.25) is 19.3 Å². The zero-order chi connectivity index (χ0) is 13.4. The number of rotatable bonds is 2.